The van der Waals surface area contributed by atoms with E-state index in [9.17, 15) is 20.3 Å². The number of benzene rings is 1. The van der Waals surface area contributed by atoms with Crippen LogP contribution in [-0.4, -0.2) is 32.1 Å². The van der Waals surface area contributed by atoms with Gasteiger partial charge in [0.05, 0.1) is 27.8 Å². The summed E-state index contributed by atoms with van der Waals surface area (Å²) in [6.07, 6.45) is -0.931. The fraction of sp³-hybridized carbons (Fsp3) is 0.250. The average molecular weight is 283 g/mol. The van der Waals surface area contributed by atoms with Gasteiger partial charge in [-0.2, -0.15) is 0 Å². The van der Waals surface area contributed by atoms with E-state index >= 15 is 0 Å². The Kier molecular flexibility index (Phi) is 3.94. The molecule has 1 aromatic heterocycles. The summed E-state index contributed by atoms with van der Waals surface area (Å²) in [5, 5.41) is 30.8. The zero-order valence-electron chi connectivity index (χ0n) is 9.73. The van der Waals surface area contributed by atoms with Crippen LogP contribution in [0.2, 0.25) is 0 Å². The number of hydrogen-bond donors (Lipinski definition) is 2. The van der Waals surface area contributed by atoms with Crippen LogP contribution in [0.25, 0.3) is 10.9 Å². The molecular formula is C12H11ClN2O4. The van der Waals surface area contributed by atoms with E-state index in [0.717, 1.165) is 0 Å². The highest BCUT2D eigenvalue weighted by Gasteiger charge is 2.23. The third-order valence-electron chi connectivity index (χ3n) is 2.82. The minimum atomic E-state index is -1.24. The summed E-state index contributed by atoms with van der Waals surface area (Å²) in [6, 6.07) is 5.78. The van der Waals surface area contributed by atoms with E-state index in [0.29, 0.717) is 10.9 Å². The number of nitro groups is 1. The highest BCUT2D eigenvalue weighted by molar-refractivity contribution is 6.18. The van der Waals surface area contributed by atoms with Gasteiger partial charge in [0.25, 0.3) is 5.69 Å². The zero-order chi connectivity index (χ0) is 14.0. The van der Waals surface area contributed by atoms with Gasteiger partial charge in [0.1, 0.15) is 6.10 Å². The van der Waals surface area contributed by atoms with Crippen molar-refractivity contribution in [1.82, 2.24) is 4.98 Å². The van der Waals surface area contributed by atoms with Crippen molar-refractivity contribution >= 4 is 28.2 Å². The molecule has 0 saturated carbocycles. The molecule has 100 valence electrons. The number of hydrogen-bond acceptors (Lipinski definition) is 5. The maximum atomic E-state index is 10.9. The van der Waals surface area contributed by atoms with Crippen molar-refractivity contribution in [2.75, 3.05) is 5.88 Å². The molecule has 6 nitrogen and oxygen atoms in total. The standard InChI is InChI=1S/C12H11ClN2O4/c13-6-10(16)12(17)8-3-4-9(15(18)19)7-2-1-5-14-11(7)8/h1-5,10,12,16-17H,6H2. The second-order valence-electron chi connectivity index (χ2n) is 4.00. The van der Waals surface area contributed by atoms with Gasteiger partial charge in [0.2, 0.25) is 0 Å². The van der Waals surface area contributed by atoms with Crippen LogP contribution in [0.5, 0.6) is 0 Å². The first kappa shape index (κ1) is 13.7. The van der Waals surface area contributed by atoms with Crippen LogP contribution in [0.15, 0.2) is 30.5 Å². The normalized spacial score (nSPS) is 14.3. The largest absolute Gasteiger partial charge is 0.389 e. The number of aromatic nitrogens is 1. The SMILES string of the molecule is O=[N+]([O-])c1ccc(C(O)C(O)CCl)c2ncccc12. The molecule has 0 fully saturated rings. The lowest BCUT2D eigenvalue weighted by atomic mass is 10.0. The summed E-state index contributed by atoms with van der Waals surface area (Å²) in [4.78, 5) is 14.5. The Bertz CT molecular complexity index is 620. The number of aliphatic hydroxyl groups excluding tert-OH is 2. The predicted molar refractivity (Wildman–Crippen MR) is 70.1 cm³/mol. The van der Waals surface area contributed by atoms with E-state index in [1.165, 1.54) is 18.3 Å². The van der Waals surface area contributed by atoms with Crippen molar-refractivity contribution in [2.24, 2.45) is 0 Å². The van der Waals surface area contributed by atoms with E-state index in [-0.39, 0.29) is 17.1 Å². The number of alkyl halides is 1. The van der Waals surface area contributed by atoms with Gasteiger partial charge in [-0.1, -0.05) is 0 Å². The Labute approximate surface area is 113 Å². The van der Waals surface area contributed by atoms with Crippen molar-refractivity contribution in [2.45, 2.75) is 12.2 Å². The van der Waals surface area contributed by atoms with Crippen LogP contribution in [0.1, 0.15) is 11.7 Å². The van der Waals surface area contributed by atoms with E-state index in [1.54, 1.807) is 12.1 Å². The molecule has 0 saturated heterocycles. The Morgan fingerprint density at radius 2 is 2.11 bits per heavy atom. The number of rotatable bonds is 4. The molecule has 0 aliphatic carbocycles. The molecule has 2 N–H and O–H groups in total. The molecule has 19 heavy (non-hydrogen) atoms. The van der Waals surface area contributed by atoms with Crippen molar-refractivity contribution in [1.29, 1.82) is 0 Å². The second-order valence-corrected chi connectivity index (χ2v) is 4.31. The number of halogens is 1. The molecule has 0 bridgehead atoms. The van der Waals surface area contributed by atoms with Gasteiger partial charge in [0, 0.05) is 17.8 Å². The van der Waals surface area contributed by atoms with Gasteiger partial charge < -0.3 is 10.2 Å². The Morgan fingerprint density at radius 1 is 1.37 bits per heavy atom. The number of nitrogens with zero attached hydrogens (tertiary/aromatic N) is 2. The van der Waals surface area contributed by atoms with Crippen molar-refractivity contribution < 1.29 is 15.1 Å². The molecule has 2 aromatic rings. The Hall–Kier alpha value is -1.76. The van der Waals surface area contributed by atoms with Gasteiger partial charge in [-0.05, 0) is 18.2 Å². The van der Waals surface area contributed by atoms with Gasteiger partial charge in [0.15, 0.2) is 0 Å². The molecule has 7 heteroatoms. The third-order valence-corrected chi connectivity index (χ3v) is 3.13. The number of non-ortho nitro benzene ring substituents is 1. The first-order valence-electron chi connectivity index (χ1n) is 5.50. The summed E-state index contributed by atoms with van der Waals surface area (Å²) in [6.45, 7) is 0. The lowest BCUT2D eigenvalue weighted by Gasteiger charge is -2.17. The summed E-state index contributed by atoms with van der Waals surface area (Å²) >= 11 is 5.49. The topological polar surface area (TPSA) is 96.5 Å². The fourth-order valence-electron chi connectivity index (χ4n) is 1.87. The molecule has 2 unspecified atom stereocenters. The Morgan fingerprint density at radius 3 is 2.74 bits per heavy atom. The minimum Gasteiger partial charge on any atom is -0.389 e. The highest BCUT2D eigenvalue weighted by Crippen LogP contribution is 2.31. The smallest absolute Gasteiger partial charge is 0.278 e. The van der Waals surface area contributed by atoms with Crippen LogP contribution in [-0.2, 0) is 0 Å². The van der Waals surface area contributed by atoms with Crippen LogP contribution in [0.4, 0.5) is 5.69 Å². The molecule has 0 aliphatic rings. The fourth-order valence-corrected chi connectivity index (χ4v) is 2.04. The molecule has 1 aromatic carbocycles. The average Bonchev–Trinajstić information content (AvgIpc) is 2.44. The van der Waals surface area contributed by atoms with Gasteiger partial charge in [-0.15, -0.1) is 11.6 Å². The second kappa shape index (κ2) is 5.48. The number of fused-ring (bicyclic) bond motifs is 1. The lowest BCUT2D eigenvalue weighted by molar-refractivity contribution is -0.383. The number of nitro benzene ring substituents is 1. The summed E-state index contributed by atoms with van der Waals surface area (Å²) < 4.78 is 0. The molecule has 2 atom stereocenters. The number of aliphatic hydroxyl groups is 2. The van der Waals surface area contributed by atoms with Crippen LogP contribution >= 0.6 is 11.6 Å². The predicted octanol–water partition coefficient (Wildman–Crippen LogP) is 1.78. The molecule has 0 spiro atoms. The highest BCUT2D eigenvalue weighted by atomic mass is 35.5. The van der Waals surface area contributed by atoms with Crippen molar-refractivity contribution in [3.8, 4) is 0 Å². The third kappa shape index (κ3) is 2.51. The Balaban J connectivity index is 2.65. The molecule has 2 rings (SSSR count). The van der Waals surface area contributed by atoms with Crippen molar-refractivity contribution in [3.05, 3.63) is 46.1 Å². The molecule has 0 aliphatic heterocycles. The maximum absolute atomic E-state index is 10.9. The first-order chi connectivity index (χ1) is 9.06. The summed E-state index contributed by atoms with van der Waals surface area (Å²) in [7, 11) is 0. The zero-order valence-corrected chi connectivity index (χ0v) is 10.5. The van der Waals surface area contributed by atoms with Gasteiger partial charge in [-0.3, -0.25) is 15.1 Å². The monoisotopic (exact) mass is 282 g/mol. The molecule has 0 amide bonds. The van der Waals surface area contributed by atoms with E-state index in [2.05, 4.69) is 4.98 Å². The van der Waals surface area contributed by atoms with Gasteiger partial charge in [-0.25, -0.2) is 0 Å². The van der Waals surface area contributed by atoms with Crippen LogP contribution in [0.3, 0.4) is 0 Å². The van der Waals surface area contributed by atoms with E-state index < -0.39 is 17.1 Å². The maximum Gasteiger partial charge on any atom is 0.278 e. The quantitative estimate of drug-likeness (QED) is 0.506. The lowest BCUT2D eigenvalue weighted by Crippen LogP contribution is -2.20. The number of pyridine rings is 1. The van der Waals surface area contributed by atoms with Crippen LogP contribution in [0, 0.1) is 10.1 Å². The van der Waals surface area contributed by atoms with Crippen LogP contribution < -0.4 is 0 Å². The summed E-state index contributed by atoms with van der Waals surface area (Å²) in [5.74, 6) is -0.146. The van der Waals surface area contributed by atoms with E-state index in [1.807, 2.05) is 0 Å². The van der Waals surface area contributed by atoms with E-state index in [4.69, 9.17) is 11.6 Å². The van der Waals surface area contributed by atoms with Gasteiger partial charge >= 0.3 is 0 Å². The first-order valence-corrected chi connectivity index (χ1v) is 6.04. The molecule has 1 heterocycles. The molecular weight excluding hydrogens is 272 g/mol. The minimum absolute atomic E-state index is 0.0978. The summed E-state index contributed by atoms with van der Waals surface area (Å²) in [5.41, 5.74) is 0.502. The van der Waals surface area contributed by atoms with Crippen molar-refractivity contribution in [3.63, 3.8) is 0 Å². The molecule has 0 radical (unpaired) electrons.